The second-order valence-electron chi connectivity index (χ2n) is 11.3. The van der Waals surface area contributed by atoms with Crippen molar-refractivity contribution < 1.29 is 24.1 Å². The third-order valence-electron chi connectivity index (χ3n) is 9.56. The molecule has 2 saturated heterocycles. The first-order valence-electron chi connectivity index (χ1n) is 12.6. The molecule has 5 fully saturated rings. The van der Waals surface area contributed by atoms with Gasteiger partial charge in [-0.1, -0.05) is 20.3 Å². The zero-order valence-corrected chi connectivity index (χ0v) is 18.9. The van der Waals surface area contributed by atoms with Gasteiger partial charge in [-0.3, -0.25) is 4.79 Å². The summed E-state index contributed by atoms with van der Waals surface area (Å²) in [5.74, 6) is 4.13. The van der Waals surface area contributed by atoms with Crippen molar-refractivity contribution in [1.29, 1.82) is 0 Å². The van der Waals surface area contributed by atoms with Crippen molar-refractivity contribution in [2.75, 3.05) is 13.2 Å². The molecule has 1 N–H and O–H groups in total. The van der Waals surface area contributed by atoms with Crippen LogP contribution in [0.4, 0.5) is 0 Å². The Morgan fingerprint density at radius 3 is 2.43 bits per heavy atom. The maximum Gasteiger partial charge on any atom is 0.307 e. The highest BCUT2D eigenvalue weighted by molar-refractivity contribution is 5.74. The SMILES string of the molecule is CC1CC[C@@H]2C3[C@@H](O1)O[C@H](CCOCC1CC4C(C1)C4C(=O)O)[C@H](C)[C@@H]3CC[C@H]2C. The summed E-state index contributed by atoms with van der Waals surface area (Å²) in [7, 11) is 0. The van der Waals surface area contributed by atoms with E-state index in [4.69, 9.17) is 19.3 Å². The molecule has 0 aromatic heterocycles. The van der Waals surface area contributed by atoms with Gasteiger partial charge in [0, 0.05) is 19.1 Å². The smallest absolute Gasteiger partial charge is 0.307 e. The van der Waals surface area contributed by atoms with E-state index in [-0.39, 0.29) is 18.3 Å². The summed E-state index contributed by atoms with van der Waals surface area (Å²) in [6.07, 6.45) is 8.61. The molecule has 2 aliphatic heterocycles. The number of fused-ring (bicyclic) bond motifs is 1. The van der Waals surface area contributed by atoms with E-state index in [0.29, 0.717) is 35.7 Å². The first-order valence-corrected chi connectivity index (χ1v) is 12.6. The third kappa shape index (κ3) is 3.84. The number of carboxylic acid groups (broad SMARTS) is 1. The van der Waals surface area contributed by atoms with Crippen LogP contribution in [-0.2, 0) is 19.0 Å². The second-order valence-corrected chi connectivity index (χ2v) is 11.3. The van der Waals surface area contributed by atoms with Crippen LogP contribution >= 0.6 is 0 Å². The largest absolute Gasteiger partial charge is 0.481 e. The van der Waals surface area contributed by atoms with Gasteiger partial charge in [-0.05, 0) is 86.9 Å². The van der Waals surface area contributed by atoms with Gasteiger partial charge in [0.05, 0.1) is 18.1 Å². The van der Waals surface area contributed by atoms with Crippen LogP contribution in [0.15, 0.2) is 0 Å². The normalized spacial score (nSPS) is 52.2. The molecular formula is C25H40O5. The van der Waals surface area contributed by atoms with Crippen LogP contribution in [0.5, 0.6) is 0 Å². The lowest BCUT2D eigenvalue weighted by Gasteiger charge is -2.52. The van der Waals surface area contributed by atoms with Crippen molar-refractivity contribution in [3.05, 3.63) is 0 Å². The number of carbonyl (C=O) groups is 1. The quantitative estimate of drug-likeness (QED) is 0.637. The van der Waals surface area contributed by atoms with Crippen LogP contribution in [-0.4, -0.2) is 42.8 Å². The Bertz CT molecular complexity index is 625. The van der Waals surface area contributed by atoms with Crippen molar-refractivity contribution in [2.24, 2.45) is 53.3 Å². The van der Waals surface area contributed by atoms with Gasteiger partial charge in [-0.2, -0.15) is 0 Å². The van der Waals surface area contributed by atoms with Gasteiger partial charge in [-0.15, -0.1) is 0 Å². The van der Waals surface area contributed by atoms with Crippen LogP contribution in [0.3, 0.4) is 0 Å². The standard InChI is InChI=1S/C25H40O5/c1-13-4-6-18-15(3)21(30-25-23(18)17(13)7-5-14(2)29-25)8-9-28-12-16-10-19-20(11-16)22(19)24(26)27/h13-23,25H,4-12H2,1-3H3,(H,26,27)/t13-,14?,15-,16?,17+,18+,19?,20?,21-,22?,23?,25+/m1/s1. The molecule has 0 bridgehead atoms. The number of hydrogen-bond acceptors (Lipinski definition) is 4. The minimum absolute atomic E-state index is 0.0312. The van der Waals surface area contributed by atoms with Gasteiger partial charge in [0.25, 0.3) is 0 Å². The summed E-state index contributed by atoms with van der Waals surface area (Å²) in [5, 5.41) is 9.17. The molecule has 5 aliphatic rings. The third-order valence-corrected chi connectivity index (χ3v) is 9.56. The van der Waals surface area contributed by atoms with Gasteiger partial charge in [-0.25, -0.2) is 0 Å². The maximum atomic E-state index is 11.1. The zero-order chi connectivity index (χ0) is 21.0. The Kier molecular flexibility index (Phi) is 5.91. The molecular weight excluding hydrogens is 380 g/mol. The second kappa shape index (κ2) is 8.37. The lowest BCUT2D eigenvalue weighted by molar-refractivity contribution is -0.279. The van der Waals surface area contributed by atoms with E-state index in [2.05, 4.69) is 20.8 Å². The Morgan fingerprint density at radius 2 is 1.70 bits per heavy atom. The summed E-state index contributed by atoms with van der Waals surface area (Å²) in [6, 6.07) is 0. The van der Waals surface area contributed by atoms with Crippen LogP contribution in [0.2, 0.25) is 0 Å². The fraction of sp³-hybridized carbons (Fsp3) is 0.960. The van der Waals surface area contributed by atoms with Crippen molar-refractivity contribution in [3.8, 4) is 0 Å². The number of hydrogen-bond donors (Lipinski definition) is 1. The molecule has 3 aliphatic carbocycles. The van der Waals surface area contributed by atoms with E-state index in [1.165, 1.54) is 19.3 Å². The molecule has 3 saturated carbocycles. The molecule has 0 aromatic rings. The molecule has 2 heterocycles. The predicted octanol–water partition coefficient (Wildman–Crippen LogP) is 4.59. The summed E-state index contributed by atoms with van der Waals surface area (Å²) >= 11 is 0. The molecule has 5 nitrogen and oxygen atoms in total. The highest BCUT2D eigenvalue weighted by Crippen LogP contribution is 2.59. The molecule has 170 valence electrons. The Labute approximate surface area is 181 Å². The highest BCUT2D eigenvalue weighted by Gasteiger charge is 2.59. The monoisotopic (exact) mass is 420 g/mol. The van der Waals surface area contributed by atoms with Gasteiger partial charge in [0.1, 0.15) is 0 Å². The Hall–Kier alpha value is -0.650. The molecule has 10 atom stereocenters. The van der Waals surface area contributed by atoms with Crippen LogP contribution in [0, 0.1) is 53.3 Å². The van der Waals surface area contributed by atoms with E-state index < -0.39 is 5.97 Å². The summed E-state index contributed by atoms with van der Waals surface area (Å²) in [4.78, 5) is 11.1. The van der Waals surface area contributed by atoms with Gasteiger partial charge >= 0.3 is 5.97 Å². The van der Waals surface area contributed by atoms with Crippen LogP contribution < -0.4 is 0 Å². The molecule has 5 rings (SSSR count). The minimum atomic E-state index is -0.597. The molecule has 0 aromatic carbocycles. The zero-order valence-electron chi connectivity index (χ0n) is 18.9. The van der Waals surface area contributed by atoms with E-state index in [1.807, 2.05) is 0 Å². The van der Waals surface area contributed by atoms with Crippen molar-refractivity contribution in [3.63, 3.8) is 0 Å². The van der Waals surface area contributed by atoms with Crippen molar-refractivity contribution in [1.82, 2.24) is 0 Å². The average Bonchev–Trinajstić information content (AvgIpc) is 3.28. The lowest BCUT2D eigenvalue weighted by Crippen LogP contribution is -2.53. The first kappa shape index (κ1) is 21.2. The first-order chi connectivity index (χ1) is 14.4. The van der Waals surface area contributed by atoms with Crippen LogP contribution in [0.1, 0.15) is 65.7 Å². The maximum absolute atomic E-state index is 11.1. The molecule has 0 amide bonds. The number of rotatable bonds is 6. The average molecular weight is 421 g/mol. The van der Waals surface area contributed by atoms with Gasteiger partial charge in [0.2, 0.25) is 0 Å². The minimum Gasteiger partial charge on any atom is -0.481 e. The van der Waals surface area contributed by atoms with E-state index in [0.717, 1.165) is 56.7 Å². The van der Waals surface area contributed by atoms with E-state index in [1.54, 1.807) is 0 Å². The Balaban J connectivity index is 1.12. The fourth-order valence-electron chi connectivity index (χ4n) is 7.80. The van der Waals surface area contributed by atoms with Crippen LogP contribution in [0.25, 0.3) is 0 Å². The molecule has 5 heteroatoms. The number of carboxylic acids is 1. The summed E-state index contributed by atoms with van der Waals surface area (Å²) < 4.78 is 19.1. The fourth-order valence-corrected chi connectivity index (χ4v) is 7.80. The summed E-state index contributed by atoms with van der Waals surface area (Å²) in [5.41, 5.74) is 0. The number of aliphatic carboxylic acids is 1. The lowest BCUT2D eigenvalue weighted by atomic mass is 9.60. The van der Waals surface area contributed by atoms with E-state index >= 15 is 0 Å². The topological polar surface area (TPSA) is 65.0 Å². The predicted molar refractivity (Wildman–Crippen MR) is 113 cm³/mol. The van der Waals surface area contributed by atoms with Crippen molar-refractivity contribution in [2.45, 2.75) is 84.2 Å². The van der Waals surface area contributed by atoms with Crippen molar-refractivity contribution >= 4 is 5.97 Å². The Morgan fingerprint density at radius 1 is 0.967 bits per heavy atom. The van der Waals surface area contributed by atoms with Gasteiger partial charge < -0.3 is 19.3 Å². The summed E-state index contributed by atoms with van der Waals surface area (Å²) in [6.45, 7) is 8.55. The molecule has 4 unspecified atom stereocenters. The number of ether oxygens (including phenoxy) is 3. The molecule has 30 heavy (non-hydrogen) atoms. The van der Waals surface area contributed by atoms with E-state index in [9.17, 15) is 4.79 Å². The molecule has 0 radical (unpaired) electrons. The van der Waals surface area contributed by atoms with Gasteiger partial charge in [0.15, 0.2) is 6.29 Å². The molecule has 0 spiro atoms. The highest BCUT2D eigenvalue weighted by atomic mass is 16.7.